The minimum Gasteiger partial charge on any atom is -0.384 e. The number of nitrogens with zero attached hydrogens (tertiary/aromatic N) is 3. The van der Waals surface area contributed by atoms with Crippen LogP contribution in [0.3, 0.4) is 0 Å². The summed E-state index contributed by atoms with van der Waals surface area (Å²) in [4.78, 5) is 9.37. The summed E-state index contributed by atoms with van der Waals surface area (Å²) >= 11 is 0. The Hall–Kier alpha value is -1.98. The van der Waals surface area contributed by atoms with Gasteiger partial charge >= 0.3 is 0 Å². The van der Waals surface area contributed by atoms with Crippen molar-refractivity contribution in [3.63, 3.8) is 0 Å². The van der Waals surface area contributed by atoms with Gasteiger partial charge in [0.25, 0.3) is 0 Å². The van der Waals surface area contributed by atoms with Crippen molar-refractivity contribution >= 4 is 21.9 Å². The Labute approximate surface area is 135 Å². The summed E-state index contributed by atoms with van der Waals surface area (Å²) in [6.07, 6.45) is 3.81. The number of hydrogen-bond donors (Lipinski definition) is 0. The molecule has 5 nitrogen and oxygen atoms in total. The van der Waals surface area contributed by atoms with Crippen molar-refractivity contribution in [3.05, 3.63) is 36.3 Å². The summed E-state index contributed by atoms with van der Waals surface area (Å²) in [5.41, 5.74) is 3.17. The molecule has 0 N–H and O–H groups in total. The van der Waals surface area contributed by atoms with Gasteiger partial charge in [-0.2, -0.15) is 0 Å². The van der Waals surface area contributed by atoms with E-state index in [1.807, 2.05) is 12.3 Å². The number of benzene rings is 1. The van der Waals surface area contributed by atoms with E-state index in [0.29, 0.717) is 12.5 Å². The zero-order valence-electron chi connectivity index (χ0n) is 13.4. The first-order valence-electron chi connectivity index (χ1n) is 8.16. The van der Waals surface area contributed by atoms with Crippen LogP contribution < -0.4 is 0 Å². The molecule has 1 aromatic carbocycles. The Morgan fingerprint density at radius 1 is 1.30 bits per heavy atom. The van der Waals surface area contributed by atoms with E-state index in [9.17, 15) is 0 Å². The molecule has 1 aliphatic heterocycles. The fourth-order valence-corrected chi connectivity index (χ4v) is 3.38. The van der Waals surface area contributed by atoms with Crippen LogP contribution in [0.1, 0.15) is 12.2 Å². The van der Waals surface area contributed by atoms with Gasteiger partial charge in [-0.25, -0.2) is 4.98 Å². The van der Waals surface area contributed by atoms with Crippen molar-refractivity contribution in [3.8, 4) is 0 Å². The zero-order chi connectivity index (χ0) is 15.6. The first-order chi connectivity index (χ1) is 11.4. The van der Waals surface area contributed by atoms with Gasteiger partial charge in [-0.3, -0.25) is 4.98 Å². The van der Waals surface area contributed by atoms with E-state index < -0.39 is 0 Å². The Morgan fingerprint density at radius 3 is 3.04 bits per heavy atom. The minimum atomic E-state index is 0.556. The normalized spacial score (nSPS) is 18.2. The molecule has 1 aliphatic rings. The molecule has 3 aromatic rings. The molecule has 4 rings (SSSR count). The van der Waals surface area contributed by atoms with Crippen LogP contribution in [0.15, 0.2) is 30.5 Å². The predicted molar refractivity (Wildman–Crippen MR) is 89.5 cm³/mol. The SMILES string of the molecule is COCCc1nc2cnc3ccccc3c2n1CC1CCOC1. The number of aromatic nitrogens is 3. The Balaban J connectivity index is 1.87. The highest BCUT2D eigenvalue weighted by Gasteiger charge is 2.21. The third kappa shape index (κ3) is 2.71. The van der Waals surface area contributed by atoms with Crippen molar-refractivity contribution in [2.45, 2.75) is 19.4 Å². The maximum atomic E-state index is 5.56. The summed E-state index contributed by atoms with van der Waals surface area (Å²) in [6.45, 7) is 3.33. The molecule has 0 amide bonds. The van der Waals surface area contributed by atoms with Gasteiger partial charge < -0.3 is 14.0 Å². The van der Waals surface area contributed by atoms with Crippen LogP contribution in [0.25, 0.3) is 21.9 Å². The average molecular weight is 311 g/mol. The molecule has 23 heavy (non-hydrogen) atoms. The fraction of sp³-hybridized carbons (Fsp3) is 0.444. The number of pyridine rings is 1. The Kier molecular flexibility index (Phi) is 3.97. The molecule has 1 unspecified atom stereocenters. The Morgan fingerprint density at radius 2 is 2.22 bits per heavy atom. The standard InChI is InChI=1S/C18H21N3O2/c1-22-8-7-17-20-16-10-19-15-5-3-2-4-14(15)18(16)21(17)11-13-6-9-23-12-13/h2-5,10,13H,6-9,11-12H2,1H3. The van der Waals surface area contributed by atoms with E-state index in [1.54, 1.807) is 7.11 Å². The van der Waals surface area contributed by atoms with Crippen molar-refractivity contribution in [2.75, 3.05) is 26.9 Å². The molecule has 1 fully saturated rings. The molecule has 120 valence electrons. The van der Waals surface area contributed by atoms with E-state index in [0.717, 1.165) is 49.5 Å². The third-order valence-electron chi connectivity index (χ3n) is 4.55. The topological polar surface area (TPSA) is 49.2 Å². The van der Waals surface area contributed by atoms with Gasteiger partial charge in [-0.05, 0) is 12.5 Å². The van der Waals surface area contributed by atoms with Gasteiger partial charge in [0.05, 0.1) is 30.4 Å². The number of fused-ring (bicyclic) bond motifs is 3. The highest BCUT2D eigenvalue weighted by atomic mass is 16.5. The predicted octanol–water partition coefficient (Wildman–Crippen LogP) is 2.81. The second-order valence-corrected chi connectivity index (χ2v) is 6.12. The van der Waals surface area contributed by atoms with Crippen molar-refractivity contribution in [1.82, 2.24) is 14.5 Å². The summed E-state index contributed by atoms with van der Waals surface area (Å²) < 4.78 is 13.2. The summed E-state index contributed by atoms with van der Waals surface area (Å²) in [5.74, 6) is 1.63. The number of rotatable bonds is 5. The molecule has 0 aliphatic carbocycles. The van der Waals surface area contributed by atoms with E-state index >= 15 is 0 Å². The third-order valence-corrected chi connectivity index (χ3v) is 4.55. The molecule has 3 heterocycles. The highest BCUT2D eigenvalue weighted by molar-refractivity contribution is 6.02. The quantitative estimate of drug-likeness (QED) is 0.727. The lowest BCUT2D eigenvalue weighted by Crippen LogP contribution is -2.14. The lowest BCUT2D eigenvalue weighted by molar-refractivity contribution is 0.181. The summed E-state index contributed by atoms with van der Waals surface area (Å²) in [6, 6.07) is 8.28. The van der Waals surface area contributed by atoms with Gasteiger partial charge in [-0.15, -0.1) is 0 Å². The lowest BCUT2D eigenvalue weighted by atomic mass is 10.1. The zero-order valence-corrected chi connectivity index (χ0v) is 13.4. The van der Waals surface area contributed by atoms with E-state index in [1.165, 1.54) is 10.9 Å². The maximum Gasteiger partial charge on any atom is 0.112 e. The summed E-state index contributed by atoms with van der Waals surface area (Å²) in [7, 11) is 1.73. The molecular weight excluding hydrogens is 290 g/mol. The second-order valence-electron chi connectivity index (χ2n) is 6.12. The molecule has 0 bridgehead atoms. The average Bonchev–Trinajstić information content (AvgIpc) is 3.21. The number of methoxy groups -OCH3 is 1. The molecule has 0 spiro atoms. The van der Waals surface area contributed by atoms with Gasteiger partial charge in [-0.1, -0.05) is 18.2 Å². The van der Waals surface area contributed by atoms with E-state index in [2.05, 4.69) is 27.8 Å². The molecule has 1 saturated heterocycles. The van der Waals surface area contributed by atoms with E-state index in [4.69, 9.17) is 14.5 Å². The van der Waals surface area contributed by atoms with Gasteiger partial charge in [0.15, 0.2) is 0 Å². The van der Waals surface area contributed by atoms with Crippen LogP contribution in [-0.4, -0.2) is 41.5 Å². The highest BCUT2D eigenvalue weighted by Crippen LogP contribution is 2.27. The van der Waals surface area contributed by atoms with Crippen LogP contribution in [0.5, 0.6) is 0 Å². The molecular formula is C18H21N3O2. The Bertz CT molecular complexity index is 822. The first kappa shape index (κ1) is 14.6. The monoisotopic (exact) mass is 311 g/mol. The molecule has 5 heteroatoms. The van der Waals surface area contributed by atoms with Gasteiger partial charge in [0.1, 0.15) is 11.3 Å². The van der Waals surface area contributed by atoms with Gasteiger partial charge in [0, 0.05) is 38.0 Å². The summed E-state index contributed by atoms with van der Waals surface area (Å²) in [5, 5.41) is 1.17. The number of hydrogen-bond acceptors (Lipinski definition) is 4. The van der Waals surface area contributed by atoms with Crippen LogP contribution >= 0.6 is 0 Å². The van der Waals surface area contributed by atoms with E-state index in [-0.39, 0.29) is 0 Å². The number of ether oxygens (including phenoxy) is 2. The van der Waals surface area contributed by atoms with Crippen LogP contribution in [0.4, 0.5) is 0 Å². The lowest BCUT2D eigenvalue weighted by Gasteiger charge is -2.14. The smallest absolute Gasteiger partial charge is 0.112 e. The number of para-hydroxylation sites is 1. The van der Waals surface area contributed by atoms with Crippen LogP contribution in [-0.2, 0) is 22.4 Å². The molecule has 2 aromatic heterocycles. The van der Waals surface area contributed by atoms with Crippen molar-refractivity contribution in [1.29, 1.82) is 0 Å². The van der Waals surface area contributed by atoms with Crippen LogP contribution in [0.2, 0.25) is 0 Å². The fourth-order valence-electron chi connectivity index (χ4n) is 3.38. The van der Waals surface area contributed by atoms with Crippen molar-refractivity contribution < 1.29 is 9.47 Å². The maximum absolute atomic E-state index is 5.56. The molecule has 0 saturated carbocycles. The van der Waals surface area contributed by atoms with Crippen molar-refractivity contribution in [2.24, 2.45) is 5.92 Å². The minimum absolute atomic E-state index is 0.556. The first-order valence-corrected chi connectivity index (χ1v) is 8.16. The van der Waals surface area contributed by atoms with Crippen LogP contribution in [0, 0.1) is 5.92 Å². The van der Waals surface area contributed by atoms with Gasteiger partial charge in [0.2, 0.25) is 0 Å². The number of imidazole rings is 1. The molecule has 0 radical (unpaired) electrons. The second kappa shape index (κ2) is 6.26. The molecule has 1 atom stereocenters. The largest absolute Gasteiger partial charge is 0.384 e.